The second-order valence-electron chi connectivity index (χ2n) is 4.23. The standard InChI is InChI=1S/C11H24N2O2/c1-4-13(6-5-7-14)11(15)10(12)8-9(2)3/h9-10,14H,4-8,12H2,1-3H3. The van der Waals surface area contributed by atoms with Crippen molar-refractivity contribution < 1.29 is 9.90 Å². The summed E-state index contributed by atoms with van der Waals surface area (Å²) in [5, 5.41) is 8.71. The maximum atomic E-state index is 11.8. The Kier molecular flexibility index (Phi) is 7.34. The van der Waals surface area contributed by atoms with Crippen LogP contribution in [0.5, 0.6) is 0 Å². The van der Waals surface area contributed by atoms with Gasteiger partial charge in [-0.1, -0.05) is 13.8 Å². The summed E-state index contributed by atoms with van der Waals surface area (Å²) in [4.78, 5) is 13.5. The molecule has 0 heterocycles. The molecule has 0 aromatic heterocycles. The minimum absolute atomic E-state index is 0.000324. The van der Waals surface area contributed by atoms with Crippen molar-refractivity contribution >= 4 is 5.91 Å². The highest BCUT2D eigenvalue weighted by Gasteiger charge is 2.19. The van der Waals surface area contributed by atoms with Gasteiger partial charge in [-0.2, -0.15) is 0 Å². The molecule has 15 heavy (non-hydrogen) atoms. The number of rotatable bonds is 7. The highest BCUT2D eigenvalue weighted by atomic mass is 16.3. The zero-order chi connectivity index (χ0) is 11.8. The van der Waals surface area contributed by atoms with Gasteiger partial charge < -0.3 is 15.7 Å². The molecule has 90 valence electrons. The highest BCUT2D eigenvalue weighted by Crippen LogP contribution is 2.06. The van der Waals surface area contributed by atoms with E-state index in [1.807, 2.05) is 6.92 Å². The first kappa shape index (κ1) is 14.4. The maximum absolute atomic E-state index is 11.8. The molecule has 1 amide bonds. The Balaban J connectivity index is 4.11. The van der Waals surface area contributed by atoms with E-state index in [-0.39, 0.29) is 12.5 Å². The van der Waals surface area contributed by atoms with Crippen LogP contribution in [0.2, 0.25) is 0 Å². The van der Waals surface area contributed by atoms with Crippen LogP contribution in [0.4, 0.5) is 0 Å². The Morgan fingerprint density at radius 3 is 2.47 bits per heavy atom. The minimum Gasteiger partial charge on any atom is -0.396 e. The average molecular weight is 216 g/mol. The lowest BCUT2D eigenvalue weighted by atomic mass is 10.0. The first-order chi connectivity index (χ1) is 7.02. The molecule has 0 aliphatic heterocycles. The number of hydrogen-bond donors (Lipinski definition) is 2. The van der Waals surface area contributed by atoms with Crippen molar-refractivity contribution in [2.45, 2.75) is 39.7 Å². The van der Waals surface area contributed by atoms with Gasteiger partial charge in [0.05, 0.1) is 6.04 Å². The smallest absolute Gasteiger partial charge is 0.239 e. The van der Waals surface area contributed by atoms with Gasteiger partial charge in [0.15, 0.2) is 0 Å². The molecular formula is C11H24N2O2. The minimum atomic E-state index is -0.399. The van der Waals surface area contributed by atoms with Crippen LogP contribution in [0.1, 0.15) is 33.6 Å². The fraction of sp³-hybridized carbons (Fsp3) is 0.909. The van der Waals surface area contributed by atoms with E-state index in [0.29, 0.717) is 31.8 Å². The molecule has 1 unspecified atom stereocenters. The van der Waals surface area contributed by atoms with Gasteiger partial charge in [0.2, 0.25) is 5.91 Å². The molecule has 0 bridgehead atoms. The number of likely N-dealkylation sites (N-methyl/N-ethyl adjacent to an activating group) is 1. The van der Waals surface area contributed by atoms with Crippen molar-refractivity contribution in [1.29, 1.82) is 0 Å². The van der Waals surface area contributed by atoms with Gasteiger partial charge >= 0.3 is 0 Å². The average Bonchev–Trinajstić information content (AvgIpc) is 2.17. The van der Waals surface area contributed by atoms with Crippen LogP contribution in [0, 0.1) is 5.92 Å². The van der Waals surface area contributed by atoms with E-state index >= 15 is 0 Å². The Morgan fingerprint density at radius 1 is 1.47 bits per heavy atom. The highest BCUT2D eigenvalue weighted by molar-refractivity contribution is 5.81. The summed E-state index contributed by atoms with van der Waals surface area (Å²) in [5.41, 5.74) is 5.81. The number of aliphatic hydroxyl groups is 1. The van der Waals surface area contributed by atoms with E-state index in [4.69, 9.17) is 10.8 Å². The SMILES string of the molecule is CCN(CCCO)C(=O)C(N)CC(C)C. The lowest BCUT2D eigenvalue weighted by Gasteiger charge is -2.24. The third-order valence-corrected chi connectivity index (χ3v) is 2.32. The van der Waals surface area contributed by atoms with E-state index in [1.54, 1.807) is 4.90 Å². The number of carbonyl (C=O) groups excluding carboxylic acids is 1. The van der Waals surface area contributed by atoms with Crippen molar-refractivity contribution in [2.75, 3.05) is 19.7 Å². The molecule has 0 fully saturated rings. The number of nitrogens with two attached hydrogens (primary N) is 1. The van der Waals surface area contributed by atoms with E-state index in [9.17, 15) is 4.79 Å². The van der Waals surface area contributed by atoms with Crippen molar-refractivity contribution in [3.63, 3.8) is 0 Å². The van der Waals surface area contributed by atoms with Crippen LogP contribution in [0.25, 0.3) is 0 Å². The number of aliphatic hydroxyl groups excluding tert-OH is 1. The van der Waals surface area contributed by atoms with Gasteiger partial charge in [0.25, 0.3) is 0 Å². The van der Waals surface area contributed by atoms with Gasteiger partial charge in [-0.25, -0.2) is 0 Å². The number of amides is 1. The molecule has 4 heteroatoms. The normalized spacial score (nSPS) is 12.9. The summed E-state index contributed by atoms with van der Waals surface area (Å²) in [6.45, 7) is 7.40. The fourth-order valence-electron chi connectivity index (χ4n) is 1.53. The molecule has 0 aliphatic rings. The molecule has 0 aromatic carbocycles. The second kappa shape index (κ2) is 7.65. The van der Waals surface area contributed by atoms with Crippen molar-refractivity contribution in [3.05, 3.63) is 0 Å². The first-order valence-electron chi connectivity index (χ1n) is 5.68. The predicted octanol–water partition coefficient (Wildman–Crippen LogP) is 0.591. The van der Waals surface area contributed by atoms with Crippen molar-refractivity contribution in [3.8, 4) is 0 Å². The molecule has 0 rings (SSSR count). The Labute approximate surface area is 92.4 Å². The van der Waals surface area contributed by atoms with Gasteiger partial charge in [-0.15, -0.1) is 0 Å². The van der Waals surface area contributed by atoms with Crippen LogP contribution in [-0.2, 0) is 4.79 Å². The van der Waals surface area contributed by atoms with Crippen molar-refractivity contribution in [1.82, 2.24) is 4.90 Å². The second-order valence-corrected chi connectivity index (χ2v) is 4.23. The zero-order valence-corrected chi connectivity index (χ0v) is 10.1. The maximum Gasteiger partial charge on any atom is 0.239 e. The summed E-state index contributed by atoms with van der Waals surface area (Å²) < 4.78 is 0. The fourth-order valence-corrected chi connectivity index (χ4v) is 1.53. The van der Waals surface area contributed by atoms with Crippen LogP contribution in [0.15, 0.2) is 0 Å². The molecule has 0 saturated carbocycles. The lowest BCUT2D eigenvalue weighted by molar-refractivity contribution is -0.132. The molecule has 0 aliphatic carbocycles. The van der Waals surface area contributed by atoms with Crippen LogP contribution in [-0.4, -0.2) is 41.7 Å². The van der Waals surface area contributed by atoms with Crippen LogP contribution < -0.4 is 5.73 Å². The molecular weight excluding hydrogens is 192 g/mol. The van der Waals surface area contributed by atoms with E-state index in [0.717, 1.165) is 0 Å². The van der Waals surface area contributed by atoms with Gasteiger partial charge in [-0.05, 0) is 25.7 Å². The number of hydrogen-bond acceptors (Lipinski definition) is 3. The topological polar surface area (TPSA) is 66.6 Å². The molecule has 0 spiro atoms. The van der Waals surface area contributed by atoms with E-state index < -0.39 is 6.04 Å². The zero-order valence-electron chi connectivity index (χ0n) is 10.1. The lowest BCUT2D eigenvalue weighted by Crippen LogP contribution is -2.44. The quantitative estimate of drug-likeness (QED) is 0.654. The Bertz CT molecular complexity index is 183. The largest absolute Gasteiger partial charge is 0.396 e. The summed E-state index contributed by atoms with van der Waals surface area (Å²) in [6.07, 6.45) is 1.34. The first-order valence-corrected chi connectivity index (χ1v) is 5.68. The van der Waals surface area contributed by atoms with Crippen LogP contribution >= 0.6 is 0 Å². The number of nitrogens with zero attached hydrogens (tertiary/aromatic N) is 1. The van der Waals surface area contributed by atoms with E-state index in [2.05, 4.69) is 13.8 Å². The Morgan fingerprint density at radius 2 is 2.07 bits per heavy atom. The molecule has 0 aromatic rings. The summed E-state index contributed by atoms with van der Waals surface area (Å²) in [5.74, 6) is 0.431. The van der Waals surface area contributed by atoms with Gasteiger partial charge in [0.1, 0.15) is 0 Å². The third kappa shape index (κ3) is 5.74. The number of carbonyl (C=O) groups is 1. The summed E-state index contributed by atoms with van der Waals surface area (Å²) >= 11 is 0. The predicted molar refractivity (Wildman–Crippen MR) is 61.4 cm³/mol. The molecule has 1 atom stereocenters. The molecule has 3 N–H and O–H groups in total. The van der Waals surface area contributed by atoms with Gasteiger partial charge in [-0.3, -0.25) is 4.79 Å². The summed E-state index contributed by atoms with van der Waals surface area (Å²) in [7, 11) is 0. The van der Waals surface area contributed by atoms with E-state index in [1.165, 1.54) is 0 Å². The van der Waals surface area contributed by atoms with Crippen LogP contribution in [0.3, 0.4) is 0 Å². The monoisotopic (exact) mass is 216 g/mol. The van der Waals surface area contributed by atoms with Crippen molar-refractivity contribution in [2.24, 2.45) is 11.7 Å². The summed E-state index contributed by atoms with van der Waals surface area (Å²) in [6, 6.07) is -0.399. The third-order valence-electron chi connectivity index (χ3n) is 2.32. The van der Waals surface area contributed by atoms with Gasteiger partial charge in [0, 0.05) is 19.7 Å². The molecule has 0 radical (unpaired) electrons. The molecule has 4 nitrogen and oxygen atoms in total. The Hall–Kier alpha value is -0.610. The molecule has 0 saturated heterocycles.